The van der Waals surface area contributed by atoms with E-state index in [-0.39, 0.29) is 12.8 Å². The van der Waals surface area contributed by atoms with E-state index in [4.69, 9.17) is 5.11 Å². The molecule has 0 spiro atoms. The molecule has 0 saturated carbocycles. The van der Waals surface area contributed by atoms with Crippen LogP contribution in [-0.4, -0.2) is 47.8 Å². The number of carboxylic acids is 1. The normalized spacial score (nSPS) is 13.4. The van der Waals surface area contributed by atoms with Gasteiger partial charge in [-0.2, -0.15) is 26.3 Å². The summed E-state index contributed by atoms with van der Waals surface area (Å²) < 4.78 is 71.3. The van der Waals surface area contributed by atoms with Crippen molar-refractivity contribution in [3.8, 4) is 0 Å². The minimum atomic E-state index is -5.24. The van der Waals surface area contributed by atoms with Crippen molar-refractivity contribution in [1.29, 1.82) is 0 Å². The maximum Gasteiger partial charge on any atom is 0.471 e. The molecular formula is C10H12F6N2O4. The number of carboxylic acid groups (broad SMARTS) is 1. The average molecular weight is 338 g/mol. The lowest BCUT2D eigenvalue weighted by molar-refractivity contribution is -0.175. The maximum atomic E-state index is 12.0. The highest BCUT2D eigenvalue weighted by atomic mass is 19.4. The molecule has 0 aliphatic rings. The number of nitrogens with one attached hydrogen (secondary N) is 2. The first kappa shape index (κ1) is 20.0. The van der Waals surface area contributed by atoms with Crippen LogP contribution in [0, 0.1) is 0 Å². The van der Waals surface area contributed by atoms with Crippen LogP contribution in [0.4, 0.5) is 26.3 Å². The summed E-state index contributed by atoms with van der Waals surface area (Å²) in [6.07, 6.45) is -10.9. The number of alkyl halides is 6. The number of carbonyl (C=O) groups excluding carboxylic acids is 2. The SMILES string of the molecule is O=C(O)[C@@H](CCCCNC(=O)C(F)(F)F)NC(=O)C(F)(F)F. The molecule has 0 aromatic heterocycles. The predicted molar refractivity (Wildman–Crippen MR) is 58.5 cm³/mol. The Morgan fingerprint density at radius 1 is 0.909 bits per heavy atom. The third-order valence-electron chi connectivity index (χ3n) is 2.32. The van der Waals surface area contributed by atoms with Gasteiger partial charge in [-0.1, -0.05) is 0 Å². The van der Waals surface area contributed by atoms with Gasteiger partial charge in [0, 0.05) is 6.54 Å². The largest absolute Gasteiger partial charge is 0.480 e. The average Bonchev–Trinajstić information content (AvgIpc) is 2.33. The zero-order chi connectivity index (χ0) is 17.6. The van der Waals surface area contributed by atoms with Crippen LogP contribution in [0.2, 0.25) is 0 Å². The highest BCUT2D eigenvalue weighted by Crippen LogP contribution is 2.16. The molecule has 0 aliphatic carbocycles. The molecule has 22 heavy (non-hydrogen) atoms. The fraction of sp³-hybridized carbons (Fsp3) is 0.700. The van der Waals surface area contributed by atoms with E-state index in [2.05, 4.69) is 0 Å². The Balaban J connectivity index is 4.16. The van der Waals surface area contributed by atoms with Gasteiger partial charge < -0.3 is 15.7 Å². The van der Waals surface area contributed by atoms with Gasteiger partial charge in [0.05, 0.1) is 0 Å². The monoisotopic (exact) mass is 338 g/mol. The molecule has 3 N–H and O–H groups in total. The van der Waals surface area contributed by atoms with Crippen LogP contribution in [-0.2, 0) is 14.4 Å². The predicted octanol–water partition coefficient (Wildman–Crippen LogP) is 0.967. The van der Waals surface area contributed by atoms with Crippen LogP contribution in [0.25, 0.3) is 0 Å². The van der Waals surface area contributed by atoms with E-state index in [0.29, 0.717) is 0 Å². The summed E-state index contributed by atoms with van der Waals surface area (Å²) in [6, 6.07) is -1.83. The zero-order valence-electron chi connectivity index (χ0n) is 10.8. The summed E-state index contributed by atoms with van der Waals surface area (Å²) in [5.74, 6) is -6.31. The molecule has 1 atom stereocenters. The molecule has 12 heteroatoms. The van der Waals surface area contributed by atoms with E-state index in [9.17, 15) is 40.7 Å². The highest BCUT2D eigenvalue weighted by molar-refractivity contribution is 5.86. The number of rotatable bonds is 7. The van der Waals surface area contributed by atoms with Crippen LogP contribution in [0.5, 0.6) is 0 Å². The second-order valence-electron chi connectivity index (χ2n) is 4.11. The van der Waals surface area contributed by atoms with Crippen molar-refractivity contribution in [2.45, 2.75) is 37.7 Å². The summed E-state index contributed by atoms with van der Waals surface area (Å²) in [6.45, 7) is -0.433. The van der Waals surface area contributed by atoms with Crippen LogP contribution in [0.1, 0.15) is 19.3 Å². The van der Waals surface area contributed by atoms with Crippen molar-refractivity contribution in [2.24, 2.45) is 0 Å². The second-order valence-corrected chi connectivity index (χ2v) is 4.11. The summed E-state index contributed by atoms with van der Waals surface area (Å²) >= 11 is 0. The molecule has 0 rings (SSSR count). The van der Waals surface area contributed by atoms with Gasteiger partial charge in [0.1, 0.15) is 6.04 Å². The van der Waals surface area contributed by atoms with E-state index in [1.165, 1.54) is 10.6 Å². The number of hydrogen-bond donors (Lipinski definition) is 3. The lowest BCUT2D eigenvalue weighted by Gasteiger charge is -2.15. The van der Waals surface area contributed by atoms with Gasteiger partial charge in [-0.05, 0) is 19.3 Å². The standard InChI is InChI=1S/C10H12F6N2O4/c11-9(12,13)7(21)17-4-2-1-3-5(6(19)20)18-8(22)10(14,15)16/h5H,1-4H2,(H,17,21)(H,18,22)(H,19,20)/t5-/m1/s1. The molecule has 2 amide bonds. The van der Waals surface area contributed by atoms with Gasteiger partial charge in [-0.15, -0.1) is 0 Å². The molecule has 6 nitrogen and oxygen atoms in total. The van der Waals surface area contributed by atoms with E-state index >= 15 is 0 Å². The van der Waals surface area contributed by atoms with Crippen LogP contribution in [0.3, 0.4) is 0 Å². The maximum absolute atomic E-state index is 12.0. The third kappa shape index (κ3) is 7.69. The summed E-state index contributed by atoms with van der Waals surface area (Å²) in [4.78, 5) is 31.7. The Kier molecular flexibility index (Phi) is 7.13. The van der Waals surface area contributed by atoms with Gasteiger partial charge in [0.25, 0.3) is 0 Å². The van der Waals surface area contributed by atoms with Crippen molar-refractivity contribution in [2.75, 3.05) is 6.54 Å². The Morgan fingerprint density at radius 2 is 1.41 bits per heavy atom. The van der Waals surface area contributed by atoms with E-state index in [1.807, 2.05) is 0 Å². The molecule has 0 saturated heterocycles. The van der Waals surface area contributed by atoms with Crippen molar-refractivity contribution in [3.63, 3.8) is 0 Å². The van der Waals surface area contributed by atoms with Gasteiger partial charge in [-0.25, -0.2) is 4.79 Å². The van der Waals surface area contributed by atoms with Crippen LogP contribution in [0.15, 0.2) is 0 Å². The Labute approximate surface area is 119 Å². The molecule has 0 aromatic carbocycles. The highest BCUT2D eigenvalue weighted by Gasteiger charge is 2.41. The van der Waals surface area contributed by atoms with Gasteiger partial charge in [-0.3, -0.25) is 9.59 Å². The smallest absolute Gasteiger partial charge is 0.471 e. The van der Waals surface area contributed by atoms with Crippen molar-refractivity contribution >= 4 is 17.8 Å². The first-order chi connectivity index (χ1) is 9.85. The second kappa shape index (κ2) is 7.84. The van der Waals surface area contributed by atoms with E-state index in [0.717, 1.165) is 0 Å². The van der Waals surface area contributed by atoms with Gasteiger partial charge >= 0.3 is 30.1 Å². The summed E-state index contributed by atoms with van der Waals surface area (Å²) in [5, 5.41) is 11.4. The number of halogens is 6. The fourth-order valence-electron chi connectivity index (χ4n) is 1.27. The molecule has 128 valence electrons. The van der Waals surface area contributed by atoms with E-state index < -0.39 is 49.1 Å². The first-order valence-electron chi connectivity index (χ1n) is 5.81. The summed E-state index contributed by atoms with van der Waals surface area (Å²) in [7, 11) is 0. The quantitative estimate of drug-likeness (QED) is 0.476. The first-order valence-corrected chi connectivity index (χ1v) is 5.81. The lowest BCUT2D eigenvalue weighted by atomic mass is 10.1. The van der Waals surface area contributed by atoms with Gasteiger partial charge in [0.2, 0.25) is 0 Å². The number of amides is 2. The number of unbranched alkanes of at least 4 members (excludes halogenated alkanes) is 1. The molecular weight excluding hydrogens is 326 g/mol. The van der Waals surface area contributed by atoms with Crippen molar-refractivity contribution in [3.05, 3.63) is 0 Å². The minimum absolute atomic E-state index is 0.104. The fourth-order valence-corrected chi connectivity index (χ4v) is 1.27. The van der Waals surface area contributed by atoms with Crippen LogP contribution < -0.4 is 10.6 Å². The molecule has 0 fully saturated rings. The molecule has 0 unspecified atom stereocenters. The van der Waals surface area contributed by atoms with Gasteiger partial charge in [0.15, 0.2) is 0 Å². The van der Waals surface area contributed by atoms with Crippen molar-refractivity contribution < 1.29 is 45.8 Å². The Bertz CT molecular complexity index is 421. The van der Waals surface area contributed by atoms with E-state index in [1.54, 1.807) is 0 Å². The van der Waals surface area contributed by atoms with Crippen LogP contribution >= 0.6 is 0 Å². The molecule has 0 bridgehead atoms. The molecule has 0 heterocycles. The molecule has 0 aliphatic heterocycles. The Hall–Kier alpha value is -2.01. The molecule has 0 radical (unpaired) electrons. The summed E-state index contributed by atoms with van der Waals surface area (Å²) in [5.41, 5.74) is 0. The zero-order valence-corrected chi connectivity index (χ0v) is 10.8. The number of hydrogen-bond acceptors (Lipinski definition) is 3. The third-order valence-corrected chi connectivity index (χ3v) is 2.32. The Morgan fingerprint density at radius 3 is 1.82 bits per heavy atom. The molecule has 0 aromatic rings. The minimum Gasteiger partial charge on any atom is -0.480 e. The number of carbonyl (C=O) groups is 3. The topological polar surface area (TPSA) is 95.5 Å². The van der Waals surface area contributed by atoms with Crippen molar-refractivity contribution in [1.82, 2.24) is 10.6 Å². The lowest BCUT2D eigenvalue weighted by Crippen LogP contribution is -2.46. The number of aliphatic carboxylic acids is 1.